The molecule has 2 aromatic rings. The normalized spacial score (nSPS) is 23.3. The van der Waals surface area contributed by atoms with Crippen LogP contribution < -0.4 is 0 Å². The Morgan fingerprint density at radius 3 is 2.94 bits per heavy atom. The van der Waals surface area contributed by atoms with E-state index in [9.17, 15) is 8.42 Å². The summed E-state index contributed by atoms with van der Waals surface area (Å²) in [5.74, 6) is 0.862. The molecule has 1 saturated heterocycles. The van der Waals surface area contributed by atoms with Crippen molar-refractivity contribution in [3.8, 4) is 0 Å². The molecule has 1 aromatic carbocycles. The van der Waals surface area contributed by atoms with Crippen LogP contribution in [0.5, 0.6) is 0 Å². The highest BCUT2D eigenvalue weighted by Gasteiger charge is 2.32. The Labute approximate surface area is 114 Å². The third-order valence-electron chi connectivity index (χ3n) is 3.35. The number of imidazole rings is 1. The number of aromatic nitrogens is 2. The van der Waals surface area contributed by atoms with E-state index < -0.39 is 15.1 Å². The summed E-state index contributed by atoms with van der Waals surface area (Å²) in [6.07, 6.45) is 2.39. The zero-order valence-corrected chi connectivity index (χ0v) is 12.1. The van der Waals surface area contributed by atoms with Gasteiger partial charge < -0.3 is 4.98 Å². The van der Waals surface area contributed by atoms with E-state index in [1.807, 2.05) is 18.2 Å². The Morgan fingerprint density at radius 2 is 2.17 bits per heavy atom. The number of benzene rings is 1. The molecule has 0 saturated carbocycles. The van der Waals surface area contributed by atoms with Gasteiger partial charge in [0.15, 0.2) is 9.84 Å². The molecule has 1 N–H and O–H groups in total. The molecule has 1 atom stereocenters. The summed E-state index contributed by atoms with van der Waals surface area (Å²) >= 11 is 3.39. The molecule has 4 nitrogen and oxygen atoms in total. The Morgan fingerprint density at radius 1 is 1.33 bits per heavy atom. The molecular weight excluding hydrogens is 316 g/mol. The fourth-order valence-corrected chi connectivity index (χ4v) is 4.65. The maximum absolute atomic E-state index is 12.1. The first-order valence-electron chi connectivity index (χ1n) is 5.93. The largest absolute Gasteiger partial charge is 0.341 e. The minimum atomic E-state index is -3.04. The standard InChI is InChI=1S/C12H13BrN2O2S/c13-8-4-5-9-10(7-8)15-12(14-9)11-3-1-2-6-18(11,16)17/h4-5,7,11H,1-3,6H2,(H,14,15). The number of aromatic amines is 1. The second-order valence-corrected chi connectivity index (χ2v) is 7.85. The molecule has 0 amide bonds. The second kappa shape index (κ2) is 4.35. The predicted octanol–water partition coefficient (Wildman–Crippen LogP) is 2.97. The van der Waals surface area contributed by atoms with Gasteiger partial charge in [-0.25, -0.2) is 13.4 Å². The van der Waals surface area contributed by atoms with E-state index in [0.29, 0.717) is 12.2 Å². The van der Waals surface area contributed by atoms with Gasteiger partial charge in [0.1, 0.15) is 11.1 Å². The maximum atomic E-state index is 12.1. The molecule has 0 radical (unpaired) electrons. The van der Waals surface area contributed by atoms with E-state index in [2.05, 4.69) is 25.9 Å². The smallest absolute Gasteiger partial charge is 0.160 e. The van der Waals surface area contributed by atoms with Crippen molar-refractivity contribution >= 4 is 36.8 Å². The Balaban J connectivity index is 2.08. The van der Waals surface area contributed by atoms with Gasteiger partial charge in [0.25, 0.3) is 0 Å². The van der Waals surface area contributed by atoms with Gasteiger partial charge >= 0.3 is 0 Å². The average molecular weight is 329 g/mol. The lowest BCUT2D eigenvalue weighted by Crippen LogP contribution is -2.22. The van der Waals surface area contributed by atoms with E-state index in [0.717, 1.165) is 28.3 Å². The van der Waals surface area contributed by atoms with Crippen LogP contribution in [0.15, 0.2) is 22.7 Å². The summed E-state index contributed by atoms with van der Waals surface area (Å²) in [6.45, 7) is 0. The number of sulfone groups is 1. The molecule has 2 heterocycles. The van der Waals surface area contributed by atoms with E-state index in [-0.39, 0.29) is 5.75 Å². The highest BCUT2D eigenvalue weighted by Crippen LogP contribution is 2.33. The fraction of sp³-hybridized carbons (Fsp3) is 0.417. The molecule has 1 aromatic heterocycles. The topological polar surface area (TPSA) is 62.8 Å². The van der Waals surface area contributed by atoms with Gasteiger partial charge in [-0.3, -0.25) is 0 Å². The van der Waals surface area contributed by atoms with Gasteiger partial charge in [-0.05, 0) is 31.0 Å². The first kappa shape index (κ1) is 12.2. The summed E-state index contributed by atoms with van der Waals surface area (Å²) in [7, 11) is -3.04. The Hall–Kier alpha value is -0.880. The number of hydrogen-bond acceptors (Lipinski definition) is 3. The van der Waals surface area contributed by atoms with E-state index >= 15 is 0 Å². The van der Waals surface area contributed by atoms with Crippen LogP contribution in [0.3, 0.4) is 0 Å². The Bertz CT molecular complexity index is 693. The number of halogens is 1. The van der Waals surface area contributed by atoms with Crippen LogP contribution in [0, 0.1) is 0 Å². The van der Waals surface area contributed by atoms with Crippen molar-refractivity contribution in [1.82, 2.24) is 9.97 Å². The van der Waals surface area contributed by atoms with Gasteiger partial charge in [-0.2, -0.15) is 0 Å². The molecule has 1 aliphatic heterocycles. The van der Waals surface area contributed by atoms with Crippen LogP contribution in [0.4, 0.5) is 0 Å². The van der Waals surface area contributed by atoms with Crippen molar-refractivity contribution in [2.24, 2.45) is 0 Å². The first-order valence-corrected chi connectivity index (χ1v) is 8.44. The van der Waals surface area contributed by atoms with Gasteiger partial charge in [-0.15, -0.1) is 0 Å². The van der Waals surface area contributed by atoms with E-state index in [4.69, 9.17) is 0 Å². The van der Waals surface area contributed by atoms with Crippen molar-refractivity contribution in [1.29, 1.82) is 0 Å². The van der Waals surface area contributed by atoms with Crippen LogP contribution in [0.1, 0.15) is 30.3 Å². The number of nitrogens with one attached hydrogen (secondary N) is 1. The molecule has 3 rings (SSSR count). The van der Waals surface area contributed by atoms with Gasteiger partial charge in [0.2, 0.25) is 0 Å². The van der Waals surface area contributed by atoms with Gasteiger partial charge in [-0.1, -0.05) is 22.4 Å². The second-order valence-electron chi connectivity index (χ2n) is 4.63. The quantitative estimate of drug-likeness (QED) is 0.875. The SMILES string of the molecule is O=S1(=O)CCCCC1c1nc2ccc(Br)cc2[nH]1. The van der Waals surface area contributed by atoms with Crippen LogP contribution in [-0.2, 0) is 9.84 Å². The highest BCUT2D eigenvalue weighted by atomic mass is 79.9. The molecule has 0 spiro atoms. The molecule has 1 aliphatic rings. The molecule has 18 heavy (non-hydrogen) atoms. The van der Waals surface area contributed by atoms with Crippen molar-refractivity contribution < 1.29 is 8.42 Å². The van der Waals surface area contributed by atoms with Crippen LogP contribution in [0.2, 0.25) is 0 Å². The number of nitrogens with zero attached hydrogens (tertiary/aromatic N) is 1. The average Bonchev–Trinajstić information content (AvgIpc) is 2.70. The van der Waals surface area contributed by atoms with Crippen molar-refractivity contribution in [2.45, 2.75) is 24.5 Å². The summed E-state index contributed by atoms with van der Waals surface area (Å²) in [5.41, 5.74) is 1.69. The summed E-state index contributed by atoms with van der Waals surface area (Å²) in [6, 6.07) is 5.71. The molecular formula is C12H13BrN2O2S. The summed E-state index contributed by atoms with van der Waals surface area (Å²) in [5, 5.41) is -0.461. The first-order chi connectivity index (χ1) is 8.56. The Kier molecular flexibility index (Phi) is 2.94. The third-order valence-corrected chi connectivity index (χ3v) is 6.02. The lowest BCUT2D eigenvalue weighted by Gasteiger charge is -2.20. The van der Waals surface area contributed by atoms with E-state index in [1.165, 1.54) is 0 Å². The van der Waals surface area contributed by atoms with Crippen molar-refractivity contribution in [2.75, 3.05) is 5.75 Å². The molecule has 1 fully saturated rings. The van der Waals surface area contributed by atoms with Crippen LogP contribution >= 0.6 is 15.9 Å². The third kappa shape index (κ3) is 2.07. The van der Waals surface area contributed by atoms with Crippen molar-refractivity contribution in [3.05, 3.63) is 28.5 Å². The monoisotopic (exact) mass is 328 g/mol. The lowest BCUT2D eigenvalue weighted by molar-refractivity contribution is 0.540. The van der Waals surface area contributed by atoms with Crippen LogP contribution in [-0.4, -0.2) is 24.1 Å². The minimum absolute atomic E-state index is 0.276. The van der Waals surface area contributed by atoms with Crippen LogP contribution in [0.25, 0.3) is 11.0 Å². The van der Waals surface area contributed by atoms with Gasteiger partial charge in [0, 0.05) is 4.47 Å². The fourth-order valence-electron chi connectivity index (χ4n) is 2.42. The number of fused-ring (bicyclic) bond motifs is 1. The lowest BCUT2D eigenvalue weighted by atomic mass is 10.2. The molecule has 1 unspecified atom stereocenters. The zero-order valence-electron chi connectivity index (χ0n) is 9.69. The molecule has 96 valence electrons. The predicted molar refractivity (Wildman–Crippen MR) is 74.2 cm³/mol. The minimum Gasteiger partial charge on any atom is -0.341 e. The number of hydrogen-bond donors (Lipinski definition) is 1. The zero-order chi connectivity index (χ0) is 12.8. The summed E-state index contributed by atoms with van der Waals surface area (Å²) < 4.78 is 25.1. The summed E-state index contributed by atoms with van der Waals surface area (Å²) in [4.78, 5) is 7.56. The van der Waals surface area contributed by atoms with Gasteiger partial charge in [0.05, 0.1) is 16.8 Å². The maximum Gasteiger partial charge on any atom is 0.160 e. The van der Waals surface area contributed by atoms with E-state index in [1.54, 1.807) is 0 Å². The number of rotatable bonds is 1. The molecule has 6 heteroatoms. The molecule has 0 aliphatic carbocycles. The highest BCUT2D eigenvalue weighted by molar-refractivity contribution is 9.10. The molecule has 0 bridgehead atoms. The number of H-pyrrole nitrogens is 1. The van der Waals surface area contributed by atoms with Crippen molar-refractivity contribution in [3.63, 3.8) is 0 Å².